The first-order valence-corrected chi connectivity index (χ1v) is 8.89. The number of likely N-dealkylation sites (N-methyl/N-ethyl adjacent to an activating group) is 1. The molecule has 0 radical (unpaired) electrons. The van der Waals surface area contributed by atoms with Crippen molar-refractivity contribution in [2.24, 2.45) is 0 Å². The molecule has 0 aliphatic carbocycles. The molecule has 1 aliphatic rings. The maximum Gasteiger partial charge on any atom is 0.356 e. The van der Waals surface area contributed by atoms with Gasteiger partial charge < -0.3 is 19.4 Å². The van der Waals surface area contributed by atoms with Crippen molar-refractivity contribution in [2.75, 3.05) is 30.9 Å². The normalized spacial score (nSPS) is 13.2. The van der Waals surface area contributed by atoms with Crippen molar-refractivity contribution >= 4 is 35.1 Å². The number of thioether (sulfide) groups is 1. The number of nitrogens with zero attached hydrogens (tertiary/aromatic N) is 2. The van der Waals surface area contributed by atoms with Gasteiger partial charge in [-0.15, -0.1) is 0 Å². The van der Waals surface area contributed by atoms with E-state index in [2.05, 4.69) is 9.97 Å². The highest BCUT2D eigenvalue weighted by Crippen LogP contribution is 2.32. The van der Waals surface area contributed by atoms with Gasteiger partial charge in [-0.05, 0) is 25.1 Å². The van der Waals surface area contributed by atoms with Crippen LogP contribution in [0.25, 0.3) is 0 Å². The third-order valence-corrected chi connectivity index (χ3v) is 4.64. The second-order valence-electron chi connectivity index (χ2n) is 5.46. The molecule has 9 heteroatoms. The van der Waals surface area contributed by atoms with Gasteiger partial charge in [-0.3, -0.25) is 9.59 Å². The second kappa shape index (κ2) is 7.61. The summed E-state index contributed by atoms with van der Waals surface area (Å²) in [6, 6.07) is 4.99. The number of ether oxygens (including phenoxy) is 2. The van der Waals surface area contributed by atoms with E-state index in [1.807, 2.05) is 0 Å². The number of anilines is 1. The van der Waals surface area contributed by atoms with E-state index in [1.165, 1.54) is 22.9 Å². The molecule has 2 heterocycles. The molecule has 3 rings (SSSR count). The summed E-state index contributed by atoms with van der Waals surface area (Å²) in [5.74, 6) is -0.0774. The molecule has 0 spiro atoms. The number of carbonyl (C=O) groups is 3. The van der Waals surface area contributed by atoms with Gasteiger partial charge in [-0.2, -0.15) is 0 Å². The number of aromatic amines is 1. The smallest absolute Gasteiger partial charge is 0.356 e. The number of benzene rings is 1. The lowest BCUT2D eigenvalue weighted by molar-refractivity contribution is -0.120. The Balaban J connectivity index is 1.66. The van der Waals surface area contributed by atoms with Crippen LogP contribution in [0.15, 0.2) is 29.6 Å². The van der Waals surface area contributed by atoms with E-state index in [1.54, 1.807) is 32.2 Å². The molecular formula is C17H17N3O5S. The number of nitrogens with one attached hydrogen (secondary N) is 1. The fourth-order valence-corrected chi connectivity index (χ4v) is 3.10. The number of hydrogen-bond donors (Lipinski definition) is 1. The maximum atomic E-state index is 12.4. The first kappa shape index (κ1) is 18.0. The summed E-state index contributed by atoms with van der Waals surface area (Å²) in [5, 5.41) is 0.454. The fourth-order valence-electron chi connectivity index (χ4n) is 2.35. The van der Waals surface area contributed by atoms with Crippen LogP contribution in [0.2, 0.25) is 0 Å². The van der Waals surface area contributed by atoms with Crippen molar-refractivity contribution in [3.8, 4) is 5.75 Å². The molecule has 0 bridgehead atoms. The summed E-state index contributed by atoms with van der Waals surface area (Å²) in [4.78, 5) is 44.1. The SMILES string of the molecule is CCOC(=O)c1cnc(SCC(=O)c2ccc3c(c2)N(C)C(=O)CO3)[nH]1. The van der Waals surface area contributed by atoms with Gasteiger partial charge in [0.1, 0.15) is 11.4 Å². The standard InChI is InChI=1S/C17H17N3O5S/c1-3-24-16(23)11-7-18-17(19-11)26-9-13(21)10-4-5-14-12(6-10)20(2)15(22)8-25-14/h4-7H,3,8-9H2,1-2H3,(H,18,19). The Hall–Kier alpha value is -2.81. The van der Waals surface area contributed by atoms with Crippen LogP contribution in [0.4, 0.5) is 5.69 Å². The zero-order chi connectivity index (χ0) is 18.7. The number of fused-ring (bicyclic) bond motifs is 1. The molecule has 8 nitrogen and oxygen atoms in total. The van der Waals surface area contributed by atoms with E-state index in [-0.39, 0.29) is 36.4 Å². The number of aromatic nitrogens is 2. The molecule has 0 saturated heterocycles. The molecule has 2 aromatic rings. The van der Waals surface area contributed by atoms with Crippen LogP contribution < -0.4 is 9.64 Å². The van der Waals surface area contributed by atoms with Crippen LogP contribution in [0.1, 0.15) is 27.8 Å². The van der Waals surface area contributed by atoms with E-state index in [9.17, 15) is 14.4 Å². The Kier molecular flexibility index (Phi) is 5.27. The highest BCUT2D eigenvalue weighted by Gasteiger charge is 2.23. The highest BCUT2D eigenvalue weighted by atomic mass is 32.2. The number of Topliss-reactive ketones (excluding diaryl/α,β-unsaturated/α-hetero) is 1. The second-order valence-corrected chi connectivity index (χ2v) is 6.42. The van der Waals surface area contributed by atoms with E-state index in [0.29, 0.717) is 22.2 Å². The molecule has 1 aromatic carbocycles. The molecule has 1 amide bonds. The Morgan fingerprint density at radius 1 is 1.42 bits per heavy atom. The van der Waals surface area contributed by atoms with Gasteiger partial charge in [-0.25, -0.2) is 9.78 Å². The molecule has 1 N–H and O–H groups in total. The first-order chi connectivity index (χ1) is 12.5. The topological polar surface area (TPSA) is 102 Å². The van der Waals surface area contributed by atoms with Crippen LogP contribution >= 0.6 is 11.8 Å². The van der Waals surface area contributed by atoms with Crippen molar-refractivity contribution in [1.29, 1.82) is 0 Å². The van der Waals surface area contributed by atoms with Gasteiger partial charge in [0.2, 0.25) is 0 Å². The van der Waals surface area contributed by atoms with Gasteiger partial charge in [0.15, 0.2) is 17.5 Å². The zero-order valence-corrected chi connectivity index (χ0v) is 15.1. The van der Waals surface area contributed by atoms with Gasteiger partial charge in [0, 0.05) is 12.6 Å². The number of esters is 1. The van der Waals surface area contributed by atoms with E-state index >= 15 is 0 Å². The summed E-state index contributed by atoms with van der Waals surface area (Å²) >= 11 is 1.18. The lowest BCUT2D eigenvalue weighted by Gasteiger charge is -2.26. The van der Waals surface area contributed by atoms with E-state index < -0.39 is 5.97 Å². The van der Waals surface area contributed by atoms with Crippen molar-refractivity contribution in [3.63, 3.8) is 0 Å². The number of hydrogen-bond acceptors (Lipinski definition) is 7. The van der Waals surface area contributed by atoms with E-state index in [4.69, 9.17) is 9.47 Å². The fraction of sp³-hybridized carbons (Fsp3) is 0.294. The Morgan fingerprint density at radius 3 is 3.00 bits per heavy atom. The monoisotopic (exact) mass is 375 g/mol. The van der Waals surface area contributed by atoms with Gasteiger partial charge in [-0.1, -0.05) is 11.8 Å². The first-order valence-electron chi connectivity index (χ1n) is 7.91. The molecule has 1 aliphatic heterocycles. The van der Waals surface area contributed by atoms with Crippen LogP contribution in [0, 0.1) is 0 Å². The van der Waals surface area contributed by atoms with Crippen molar-refractivity contribution < 1.29 is 23.9 Å². The summed E-state index contributed by atoms with van der Waals surface area (Å²) in [7, 11) is 1.65. The third-order valence-electron chi connectivity index (χ3n) is 3.76. The number of imidazole rings is 1. The molecule has 1 aromatic heterocycles. The van der Waals surface area contributed by atoms with Gasteiger partial charge in [0.05, 0.1) is 24.2 Å². The minimum Gasteiger partial charge on any atom is -0.482 e. The van der Waals surface area contributed by atoms with Gasteiger partial charge in [0.25, 0.3) is 5.91 Å². The van der Waals surface area contributed by atoms with E-state index in [0.717, 1.165) is 0 Å². The summed E-state index contributed by atoms with van der Waals surface area (Å²) in [6.45, 7) is 1.99. The Bertz CT molecular complexity index is 864. The molecule has 136 valence electrons. The van der Waals surface area contributed by atoms with Crippen LogP contribution in [0.3, 0.4) is 0 Å². The Labute approximate surface area is 153 Å². The molecule has 0 unspecified atom stereocenters. The quantitative estimate of drug-likeness (QED) is 0.467. The highest BCUT2D eigenvalue weighted by molar-refractivity contribution is 7.99. The number of carbonyl (C=O) groups excluding carboxylic acids is 3. The molecule has 0 fully saturated rings. The number of amides is 1. The number of H-pyrrole nitrogens is 1. The average molecular weight is 375 g/mol. The Morgan fingerprint density at radius 2 is 2.23 bits per heavy atom. The molecule has 26 heavy (non-hydrogen) atoms. The zero-order valence-electron chi connectivity index (χ0n) is 14.3. The molecule has 0 atom stereocenters. The number of rotatable bonds is 6. The van der Waals surface area contributed by atoms with Crippen LogP contribution in [-0.4, -0.2) is 53.6 Å². The maximum absolute atomic E-state index is 12.4. The minimum absolute atomic E-state index is 0.00601. The number of ketones is 1. The summed E-state index contributed by atoms with van der Waals surface area (Å²) in [5.41, 5.74) is 1.28. The van der Waals surface area contributed by atoms with Crippen molar-refractivity contribution in [1.82, 2.24) is 9.97 Å². The minimum atomic E-state index is -0.486. The predicted molar refractivity (Wildman–Crippen MR) is 94.9 cm³/mol. The summed E-state index contributed by atoms with van der Waals surface area (Å²) in [6.07, 6.45) is 1.38. The predicted octanol–water partition coefficient (Wildman–Crippen LogP) is 1.92. The summed E-state index contributed by atoms with van der Waals surface area (Å²) < 4.78 is 10.2. The lowest BCUT2D eigenvalue weighted by Crippen LogP contribution is -2.35. The molecule has 0 saturated carbocycles. The van der Waals surface area contributed by atoms with Crippen molar-refractivity contribution in [2.45, 2.75) is 12.1 Å². The lowest BCUT2D eigenvalue weighted by atomic mass is 10.1. The third kappa shape index (κ3) is 3.72. The van der Waals surface area contributed by atoms with Gasteiger partial charge >= 0.3 is 5.97 Å². The van der Waals surface area contributed by atoms with Crippen LogP contribution in [0.5, 0.6) is 5.75 Å². The van der Waals surface area contributed by atoms with Crippen molar-refractivity contribution in [3.05, 3.63) is 35.7 Å². The van der Waals surface area contributed by atoms with Crippen LogP contribution in [-0.2, 0) is 9.53 Å². The average Bonchev–Trinajstić information content (AvgIpc) is 3.12. The molecular weight excluding hydrogens is 358 g/mol. The largest absolute Gasteiger partial charge is 0.482 e.